The smallest absolute Gasteiger partial charge is 0.383 e. The summed E-state index contributed by atoms with van der Waals surface area (Å²) in [5.41, 5.74) is 16.1. The number of carboxylic acids is 1. The minimum absolute atomic E-state index is 0.0153. The van der Waals surface area contributed by atoms with Gasteiger partial charge in [-0.1, -0.05) is 0 Å². The number of hydrogen-bond acceptors (Lipinski definition) is 12. The first-order valence-electron chi connectivity index (χ1n) is 9.29. The van der Waals surface area contributed by atoms with E-state index in [0.29, 0.717) is 0 Å². The molecule has 13 heteroatoms. The van der Waals surface area contributed by atoms with Crippen LogP contribution in [-0.2, 0) is 42.9 Å². The number of Topliss-reactive ketones (excluding diaryl/α,β-unsaturated/α-hetero) is 1. The Morgan fingerprint density at radius 3 is 1.80 bits per heavy atom. The van der Waals surface area contributed by atoms with Crippen LogP contribution in [0.2, 0.25) is 0 Å². The summed E-state index contributed by atoms with van der Waals surface area (Å²) < 4.78 is 25.5. The van der Waals surface area contributed by atoms with Gasteiger partial charge in [-0.3, -0.25) is 9.59 Å². The lowest BCUT2D eigenvalue weighted by Crippen LogP contribution is -2.54. The molecule has 0 bridgehead atoms. The van der Waals surface area contributed by atoms with Gasteiger partial charge in [0.2, 0.25) is 5.78 Å². The Morgan fingerprint density at radius 1 is 0.900 bits per heavy atom. The molecule has 1 atom stereocenters. The number of carboxylic acid groups (broad SMARTS) is 1. The highest BCUT2D eigenvalue weighted by molar-refractivity contribution is 6.07. The van der Waals surface area contributed by atoms with Crippen LogP contribution in [-0.4, -0.2) is 93.4 Å². The van der Waals surface area contributed by atoms with Gasteiger partial charge >= 0.3 is 23.7 Å². The lowest BCUT2D eigenvalue weighted by Gasteiger charge is -2.28. The summed E-state index contributed by atoms with van der Waals surface area (Å²) in [7, 11) is 0. The second-order valence-electron chi connectivity index (χ2n) is 5.92. The molecule has 0 aliphatic rings. The normalized spacial score (nSPS) is 12.4. The Balaban J connectivity index is 5.17. The van der Waals surface area contributed by atoms with Crippen molar-refractivity contribution in [3.05, 3.63) is 0 Å². The number of carbonyl (C=O) groups excluding carboxylic acids is 3. The van der Waals surface area contributed by atoms with Crippen LogP contribution < -0.4 is 17.2 Å². The predicted octanol–water partition coefficient (Wildman–Crippen LogP) is -2.48. The number of ether oxygens (including phenoxy) is 5. The van der Waals surface area contributed by atoms with Crippen molar-refractivity contribution in [2.45, 2.75) is 31.6 Å². The molecular weight excluding hydrogens is 406 g/mol. The van der Waals surface area contributed by atoms with E-state index in [2.05, 4.69) is 4.74 Å². The minimum Gasteiger partial charge on any atom is -0.481 e. The summed E-state index contributed by atoms with van der Waals surface area (Å²) in [5, 5.41) is 8.65. The Labute approximate surface area is 174 Å². The molecule has 0 spiro atoms. The molecule has 0 saturated heterocycles. The van der Waals surface area contributed by atoms with Crippen molar-refractivity contribution in [2.24, 2.45) is 17.2 Å². The molecule has 0 unspecified atom stereocenters. The summed E-state index contributed by atoms with van der Waals surface area (Å²) in [6, 6.07) is -1.39. The number of nitrogens with two attached hydrogens (primary N) is 3. The lowest BCUT2D eigenvalue weighted by atomic mass is 10.1. The topological polar surface area (TPSA) is 213 Å². The predicted molar refractivity (Wildman–Crippen MR) is 101 cm³/mol. The minimum atomic E-state index is -2.56. The van der Waals surface area contributed by atoms with E-state index in [1.54, 1.807) is 0 Å². The zero-order valence-electron chi connectivity index (χ0n) is 17.0. The highest BCUT2D eigenvalue weighted by Crippen LogP contribution is 2.19. The highest BCUT2D eigenvalue weighted by Gasteiger charge is 2.49. The van der Waals surface area contributed by atoms with Gasteiger partial charge in [0, 0.05) is 26.4 Å². The first kappa shape index (κ1) is 28.0. The molecule has 13 nitrogen and oxygen atoms in total. The zero-order valence-corrected chi connectivity index (χ0v) is 17.0. The van der Waals surface area contributed by atoms with Crippen molar-refractivity contribution in [3.8, 4) is 0 Å². The van der Waals surface area contributed by atoms with E-state index in [1.807, 2.05) is 0 Å². The van der Waals surface area contributed by atoms with Crippen molar-refractivity contribution < 1.29 is 48.0 Å². The second-order valence-corrected chi connectivity index (χ2v) is 5.92. The summed E-state index contributed by atoms with van der Waals surface area (Å²) in [5.74, 6) is -7.29. The Morgan fingerprint density at radius 2 is 1.40 bits per heavy atom. The average Bonchev–Trinajstić information content (AvgIpc) is 2.69. The van der Waals surface area contributed by atoms with Crippen molar-refractivity contribution in [1.82, 2.24) is 0 Å². The molecule has 0 aromatic carbocycles. The molecule has 0 aliphatic heterocycles. The van der Waals surface area contributed by atoms with Gasteiger partial charge in [-0.2, -0.15) is 0 Å². The second kappa shape index (κ2) is 15.8. The number of rotatable bonds is 18. The van der Waals surface area contributed by atoms with Gasteiger partial charge < -0.3 is 46.0 Å². The Bertz CT molecular complexity index is 544. The number of aliphatic carboxylic acids is 1. The molecule has 7 N–H and O–H groups in total. The SMILES string of the molecule is CC(=O)C(OCCOCCN)(OCCOCCN)C(=O)OC(=O)[C@@H](N)CCC(=O)O. The van der Waals surface area contributed by atoms with Gasteiger partial charge in [0.25, 0.3) is 0 Å². The first-order chi connectivity index (χ1) is 14.2. The fraction of sp³-hybridized carbons (Fsp3) is 0.765. The van der Waals surface area contributed by atoms with Crippen molar-refractivity contribution in [3.63, 3.8) is 0 Å². The molecule has 0 rings (SSSR count). The molecule has 0 aromatic rings. The summed E-state index contributed by atoms with van der Waals surface area (Å²) in [6.07, 6.45) is -0.678. The van der Waals surface area contributed by atoms with Crippen molar-refractivity contribution >= 4 is 23.7 Å². The van der Waals surface area contributed by atoms with E-state index in [9.17, 15) is 19.2 Å². The van der Waals surface area contributed by atoms with E-state index in [0.717, 1.165) is 6.92 Å². The number of carbonyl (C=O) groups is 4. The summed E-state index contributed by atoms with van der Waals surface area (Å²) in [4.78, 5) is 47.4. The van der Waals surface area contributed by atoms with Gasteiger partial charge in [0.1, 0.15) is 6.04 Å². The monoisotopic (exact) mass is 437 g/mol. The van der Waals surface area contributed by atoms with Crippen LogP contribution in [0.4, 0.5) is 0 Å². The standard InChI is InChI=1S/C17H31N3O10/c1-12(21)17(28-10-8-26-6-4-18,29-11-9-27-7-5-19)16(25)30-15(24)13(20)2-3-14(22)23/h13H,2-11,18-20H2,1H3,(H,22,23)/t13-/m0/s1. The van der Waals surface area contributed by atoms with Crippen LogP contribution in [0.1, 0.15) is 19.8 Å². The van der Waals surface area contributed by atoms with E-state index in [1.165, 1.54) is 0 Å². The van der Waals surface area contributed by atoms with Crippen LogP contribution in [0, 0.1) is 0 Å². The van der Waals surface area contributed by atoms with Crippen LogP contribution in [0.5, 0.6) is 0 Å². The molecular formula is C17H31N3O10. The average molecular weight is 437 g/mol. The summed E-state index contributed by atoms with van der Waals surface area (Å²) in [6.45, 7) is 1.45. The van der Waals surface area contributed by atoms with E-state index >= 15 is 0 Å². The maximum absolute atomic E-state index is 12.6. The third-order valence-electron chi connectivity index (χ3n) is 3.49. The third-order valence-corrected chi connectivity index (χ3v) is 3.49. The van der Waals surface area contributed by atoms with E-state index < -0.39 is 41.9 Å². The Hall–Kier alpha value is -2.00. The molecule has 0 fully saturated rings. The lowest BCUT2D eigenvalue weighted by molar-refractivity contribution is -0.243. The molecule has 174 valence electrons. The highest BCUT2D eigenvalue weighted by atomic mass is 16.7. The molecule has 0 radical (unpaired) electrons. The van der Waals surface area contributed by atoms with Crippen LogP contribution >= 0.6 is 0 Å². The molecule has 0 amide bonds. The number of esters is 2. The van der Waals surface area contributed by atoms with Gasteiger partial charge in [0.05, 0.1) is 39.6 Å². The molecule has 0 heterocycles. The van der Waals surface area contributed by atoms with Crippen molar-refractivity contribution in [1.29, 1.82) is 0 Å². The third kappa shape index (κ3) is 10.7. The summed E-state index contributed by atoms with van der Waals surface area (Å²) >= 11 is 0. The molecule has 30 heavy (non-hydrogen) atoms. The quantitative estimate of drug-likeness (QED) is 0.0757. The maximum Gasteiger partial charge on any atom is 0.383 e. The fourth-order valence-electron chi connectivity index (χ4n) is 2.00. The van der Waals surface area contributed by atoms with Gasteiger partial charge in [-0.15, -0.1) is 0 Å². The Kier molecular flexibility index (Phi) is 14.7. The van der Waals surface area contributed by atoms with E-state index in [-0.39, 0.29) is 59.2 Å². The number of ketones is 1. The van der Waals surface area contributed by atoms with Crippen LogP contribution in [0.3, 0.4) is 0 Å². The maximum atomic E-state index is 12.6. The first-order valence-corrected chi connectivity index (χ1v) is 9.29. The zero-order chi connectivity index (χ0) is 23.0. The van der Waals surface area contributed by atoms with Crippen molar-refractivity contribution in [2.75, 3.05) is 52.7 Å². The fourth-order valence-corrected chi connectivity index (χ4v) is 2.00. The molecule has 0 saturated carbocycles. The van der Waals surface area contributed by atoms with Gasteiger partial charge in [0.15, 0.2) is 0 Å². The van der Waals surface area contributed by atoms with Gasteiger partial charge in [-0.05, 0) is 6.42 Å². The van der Waals surface area contributed by atoms with E-state index in [4.69, 9.17) is 41.3 Å². The van der Waals surface area contributed by atoms with Crippen LogP contribution in [0.25, 0.3) is 0 Å². The number of hydrogen-bond donors (Lipinski definition) is 4. The van der Waals surface area contributed by atoms with Gasteiger partial charge in [-0.25, -0.2) is 9.59 Å². The molecule has 0 aliphatic carbocycles. The van der Waals surface area contributed by atoms with Crippen LogP contribution in [0.15, 0.2) is 0 Å². The largest absolute Gasteiger partial charge is 0.481 e. The molecule has 0 aromatic heterocycles.